The summed E-state index contributed by atoms with van der Waals surface area (Å²) in [4.78, 5) is 39.5. The first-order chi connectivity index (χ1) is 15.8. The lowest BCUT2D eigenvalue weighted by atomic mass is 10.1. The smallest absolute Gasteiger partial charge is 0.345 e. The predicted octanol–water partition coefficient (Wildman–Crippen LogP) is 3.16. The first-order valence-electron chi connectivity index (χ1n) is 10.3. The van der Waals surface area contributed by atoms with Crippen molar-refractivity contribution in [2.45, 2.75) is 6.92 Å². The number of ether oxygens (including phenoxy) is 3. The number of halogens is 1. The minimum Gasteiger partial charge on any atom is -0.493 e. The summed E-state index contributed by atoms with van der Waals surface area (Å²) in [5.74, 6) is -1.08. The fourth-order valence-electron chi connectivity index (χ4n) is 3.47. The molecule has 2 aromatic rings. The van der Waals surface area contributed by atoms with Crippen LogP contribution in [0.25, 0.3) is 0 Å². The number of nitro groups is 1. The third-order valence-electron chi connectivity index (χ3n) is 5.13. The number of hydrogen-bond acceptors (Lipinski definition) is 8. The number of nitro benzene ring substituents is 1. The molecule has 176 valence electrons. The molecule has 0 bridgehead atoms. The topological polar surface area (TPSA) is 111 Å². The van der Waals surface area contributed by atoms with Gasteiger partial charge in [0.25, 0.3) is 11.6 Å². The highest BCUT2D eigenvalue weighted by Crippen LogP contribution is 2.35. The van der Waals surface area contributed by atoms with Crippen molar-refractivity contribution >= 4 is 34.9 Å². The lowest BCUT2D eigenvalue weighted by Crippen LogP contribution is -2.49. The van der Waals surface area contributed by atoms with Crippen LogP contribution in [0.1, 0.15) is 17.3 Å². The fourth-order valence-corrected chi connectivity index (χ4v) is 3.66. The lowest BCUT2D eigenvalue weighted by molar-refractivity contribution is -0.385. The minimum absolute atomic E-state index is 0.136. The van der Waals surface area contributed by atoms with Crippen molar-refractivity contribution in [3.8, 4) is 11.5 Å². The van der Waals surface area contributed by atoms with E-state index in [1.54, 1.807) is 17.9 Å². The molecule has 1 amide bonds. The molecule has 1 aliphatic heterocycles. The maximum absolute atomic E-state index is 12.5. The summed E-state index contributed by atoms with van der Waals surface area (Å²) in [7, 11) is 1.35. The normalized spacial score (nSPS) is 13.4. The van der Waals surface area contributed by atoms with Crippen LogP contribution in [0.4, 0.5) is 11.4 Å². The van der Waals surface area contributed by atoms with Crippen LogP contribution in [0.2, 0.25) is 5.02 Å². The second kappa shape index (κ2) is 10.9. The van der Waals surface area contributed by atoms with Crippen molar-refractivity contribution in [1.29, 1.82) is 0 Å². The van der Waals surface area contributed by atoms with Gasteiger partial charge in [-0.3, -0.25) is 14.9 Å². The number of rotatable bonds is 8. The molecule has 0 saturated carbocycles. The van der Waals surface area contributed by atoms with Crippen LogP contribution in [0.15, 0.2) is 36.4 Å². The quantitative estimate of drug-likeness (QED) is 0.324. The number of nitrogens with zero attached hydrogens (tertiary/aromatic N) is 3. The molecule has 1 saturated heterocycles. The van der Waals surface area contributed by atoms with Crippen molar-refractivity contribution in [3.63, 3.8) is 0 Å². The monoisotopic (exact) mass is 477 g/mol. The van der Waals surface area contributed by atoms with Crippen molar-refractivity contribution < 1.29 is 28.7 Å². The summed E-state index contributed by atoms with van der Waals surface area (Å²) < 4.78 is 15.6. The molecule has 1 heterocycles. The highest BCUT2D eigenvalue weighted by Gasteiger charge is 2.28. The van der Waals surface area contributed by atoms with Gasteiger partial charge in [0, 0.05) is 43.0 Å². The molecular weight excluding hydrogens is 454 g/mol. The fraction of sp³-hybridized carbons (Fsp3) is 0.364. The second-order valence-electron chi connectivity index (χ2n) is 7.13. The van der Waals surface area contributed by atoms with Crippen LogP contribution in [0.3, 0.4) is 0 Å². The zero-order chi connectivity index (χ0) is 24.0. The third kappa shape index (κ3) is 5.83. The van der Waals surface area contributed by atoms with Gasteiger partial charge in [0.2, 0.25) is 0 Å². The van der Waals surface area contributed by atoms with Crippen LogP contribution in [-0.2, 0) is 9.53 Å². The number of carbonyl (C=O) groups excluding carboxylic acids is 2. The van der Waals surface area contributed by atoms with E-state index < -0.39 is 23.2 Å². The lowest BCUT2D eigenvalue weighted by Gasteiger charge is -2.36. The van der Waals surface area contributed by atoms with Crippen LogP contribution < -0.4 is 14.4 Å². The molecular formula is C22H24ClN3O7. The summed E-state index contributed by atoms with van der Waals surface area (Å²) >= 11 is 6.04. The van der Waals surface area contributed by atoms with Gasteiger partial charge < -0.3 is 24.0 Å². The number of amides is 1. The molecule has 0 unspecified atom stereocenters. The number of piperazine rings is 1. The van der Waals surface area contributed by atoms with Gasteiger partial charge in [0.15, 0.2) is 18.1 Å². The molecule has 0 radical (unpaired) electrons. The number of hydrogen-bond donors (Lipinski definition) is 0. The second-order valence-corrected chi connectivity index (χ2v) is 7.57. The Kier molecular flexibility index (Phi) is 7.94. The predicted molar refractivity (Wildman–Crippen MR) is 121 cm³/mol. The van der Waals surface area contributed by atoms with E-state index in [1.807, 2.05) is 18.2 Å². The van der Waals surface area contributed by atoms with Gasteiger partial charge in [-0.05, 0) is 25.1 Å². The average molecular weight is 478 g/mol. The van der Waals surface area contributed by atoms with Crippen LogP contribution in [0.5, 0.6) is 11.5 Å². The Morgan fingerprint density at radius 2 is 1.85 bits per heavy atom. The maximum atomic E-state index is 12.5. The third-order valence-corrected chi connectivity index (χ3v) is 5.37. The highest BCUT2D eigenvalue weighted by atomic mass is 35.5. The van der Waals surface area contributed by atoms with Crippen molar-refractivity contribution in [2.75, 3.05) is 51.4 Å². The molecule has 0 aromatic heterocycles. The van der Waals surface area contributed by atoms with Crippen LogP contribution >= 0.6 is 11.6 Å². The van der Waals surface area contributed by atoms with Gasteiger partial charge >= 0.3 is 5.97 Å². The molecule has 33 heavy (non-hydrogen) atoms. The van der Waals surface area contributed by atoms with E-state index in [2.05, 4.69) is 4.90 Å². The van der Waals surface area contributed by atoms with E-state index in [0.717, 1.165) is 11.8 Å². The van der Waals surface area contributed by atoms with Gasteiger partial charge in [-0.25, -0.2) is 4.79 Å². The van der Waals surface area contributed by atoms with Crippen LogP contribution in [0, 0.1) is 10.1 Å². The van der Waals surface area contributed by atoms with Gasteiger partial charge in [-0.2, -0.15) is 0 Å². The summed E-state index contributed by atoms with van der Waals surface area (Å²) in [5.41, 5.74) is 0.156. The van der Waals surface area contributed by atoms with Gasteiger partial charge in [-0.15, -0.1) is 0 Å². The molecule has 1 aliphatic rings. The largest absolute Gasteiger partial charge is 0.493 e. The number of methoxy groups -OCH3 is 1. The Morgan fingerprint density at radius 1 is 1.12 bits per heavy atom. The van der Waals surface area contributed by atoms with E-state index in [0.29, 0.717) is 31.2 Å². The molecule has 1 fully saturated rings. The molecule has 0 spiro atoms. The summed E-state index contributed by atoms with van der Waals surface area (Å²) in [6.45, 7) is 3.54. The molecule has 0 atom stereocenters. The van der Waals surface area contributed by atoms with Crippen molar-refractivity contribution in [1.82, 2.24) is 4.90 Å². The first-order valence-corrected chi connectivity index (χ1v) is 10.7. The molecule has 0 aliphatic carbocycles. The summed E-state index contributed by atoms with van der Waals surface area (Å²) in [6.07, 6.45) is 0. The molecule has 11 heteroatoms. The Morgan fingerprint density at radius 3 is 2.45 bits per heavy atom. The Bertz CT molecular complexity index is 1040. The Labute approximate surface area is 195 Å². The van der Waals surface area contributed by atoms with Gasteiger partial charge in [-0.1, -0.05) is 17.7 Å². The van der Waals surface area contributed by atoms with E-state index in [1.165, 1.54) is 13.2 Å². The zero-order valence-corrected chi connectivity index (χ0v) is 19.0. The number of anilines is 1. The molecule has 0 N–H and O–H groups in total. The Hall–Kier alpha value is -3.53. The maximum Gasteiger partial charge on any atom is 0.345 e. The van der Waals surface area contributed by atoms with Crippen molar-refractivity contribution in [3.05, 3.63) is 57.1 Å². The molecule has 3 rings (SSSR count). The van der Waals surface area contributed by atoms with E-state index >= 15 is 0 Å². The van der Waals surface area contributed by atoms with Gasteiger partial charge in [0.1, 0.15) is 5.56 Å². The highest BCUT2D eigenvalue weighted by molar-refractivity contribution is 6.30. The SMILES string of the molecule is CCOc1cc([N+](=O)[O-])c(C(=O)OCC(=O)N2CCN(c3cccc(Cl)c3)CC2)cc1OC. The number of carbonyl (C=O) groups is 2. The first kappa shape index (κ1) is 24.1. The van der Waals surface area contributed by atoms with Gasteiger partial charge in [0.05, 0.1) is 24.7 Å². The standard InChI is InChI=1S/C22H24ClN3O7/c1-3-32-20-13-18(26(29)30)17(12-19(20)31-2)22(28)33-14-21(27)25-9-7-24(8-10-25)16-6-4-5-15(23)11-16/h4-6,11-13H,3,7-10,14H2,1-2H3. The molecule has 2 aromatic carbocycles. The number of esters is 1. The summed E-state index contributed by atoms with van der Waals surface area (Å²) in [6, 6.07) is 9.75. The van der Waals surface area contributed by atoms with E-state index in [9.17, 15) is 19.7 Å². The van der Waals surface area contributed by atoms with Crippen LogP contribution in [-0.4, -0.2) is 68.2 Å². The molecule has 10 nitrogen and oxygen atoms in total. The average Bonchev–Trinajstić information content (AvgIpc) is 2.82. The Balaban J connectivity index is 1.61. The zero-order valence-electron chi connectivity index (χ0n) is 18.3. The van der Waals surface area contributed by atoms with E-state index in [-0.39, 0.29) is 29.6 Å². The summed E-state index contributed by atoms with van der Waals surface area (Å²) in [5, 5.41) is 12.1. The number of benzene rings is 2. The minimum atomic E-state index is -0.992. The van der Waals surface area contributed by atoms with E-state index in [4.69, 9.17) is 25.8 Å². The van der Waals surface area contributed by atoms with Crippen molar-refractivity contribution in [2.24, 2.45) is 0 Å².